The average molecular weight is 396 g/mol. The van der Waals surface area contributed by atoms with E-state index in [0.717, 1.165) is 29.7 Å². The molecule has 1 amide bonds. The van der Waals surface area contributed by atoms with E-state index in [1.807, 2.05) is 24.3 Å². The monoisotopic (exact) mass is 395 g/mol. The number of esters is 1. The maximum absolute atomic E-state index is 12.1. The zero-order chi connectivity index (χ0) is 18.5. The summed E-state index contributed by atoms with van der Waals surface area (Å²) in [5.41, 5.74) is 1.65. The van der Waals surface area contributed by atoms with Crippen LogP contribution >= 0.6 is 22.9 Å². The average Bonchev–Trinajstić information content (AvgIpc) is 3.29. The molecule has 1 fully saturated rings. The van der Waals surface area contributed by atoms with Gasteiger partial charge in [0.25, 0.3) is 5.91 Å². The second-order valence-corrected chi connectivity index (χ2v) is 7.03. The van der Waals surface area contributed by atoms with Crippen molar-refractivity contribution in [3.63, 3.8) is 0 Å². The summed E-state index contributed by atoms with van der Waals surface area (Å²) < 4.78 is 10.0. The number of carbonyl (C=O) groups excluding carboxylic acids is 2. The van der Waals surface area contributed by atoms with E-state index < -0.39 is 5.97 Å². The molecule has 0 spiro atoms. The van der Waals surface area contributed by atoms with Gasteiger partial charge in [0.2, 0.25) is 0 Å². The molecule has 0 aliphatic carbocycles. The van der Waals surface area contributed by atoms with Crippen LogP contribution in [0.25, 0.3) is 0 Å². The summed E-state index contributed by atoms with van der Waals surface area (Å²) in [6.07, 6.45) is 1.29. The molecule has 1 aromatic carbocycles. The van der Waals surface area contributed by atoms with E-state index in [1.54, 1.807) is 0 Å². The van der Waals surface area contributed by atoms with Gasteiger partial charge in [0.1, 0.15) is 6.10 Å². The number of methoxy groups -OCH3 is 1. The summed E-state index contributed by atoms with van der Waals surface area (Å²) in [4.78, 5) is 28.0. The third-order valence-corrected chi connectivity index (χ3v) is 5.20. The Kier molecular flexibility index (Phi) is 6.08. The van der Waals surface area contributed by atoms with Gasteiger partial charge in [-0.2, -0.15) is 0 Å². The molecule has 1 aromatic heterocycles. The SMILES string of the molecule is COC(=O)c1sc(NCc2cccc(NC(=O)[C@@H]3CCCO3)c2)nc1Cl. The highest BCUT2D eigenvalue weighted by atomic mass is 35.5. The molecule has 0 radical (unpaired) electrons. The first kappa shape index (κ1) is 18.6. The highest BCUT2D eigenvalue weighted by Gasteiger charge is 2.23. The first-order chi connectivity index (χ1) is 12.6. The minimum atomic E-state index is -0.514. The van der Waals surface area contributed by atoms with Crippen molar-refractivity contribution in [3.05, 3.63) is 39.9 Å². The van der Waals surface area contributed by atoms with Crippen LogP contribution in [0.2, 0.25) is 5.15 Å². The van der Waals surface area contributed by atoms with E-state index in [4.69, 9.17) is 16.3 Å². The number of aromatic nitrogens is 1. The Labute approximate surface area is 159 Å². The van der Waals surface area contributed by atoms with Crippen molar-refractivity contribution >= 4 is 45.6 Å². The number of hydrogen-bond donors (Lipinski definition) is 2. The molecule has 1 aliphatic heterocycles. The second kappa shape index (κ2) is 8.48. The molecular formula is C17H18ClN3O4S. The standard InChI is InChI=1S/C17H18ClN3O4S/c1-24-16(23)13-14(18)21-17(26-13)19-9-10-4-2-5-11(8-10)20-15(22)12-6-3-7-25-12/h2,4-5,8,12H,3,6-7,9H2,1H3,(H,19,21)(H,20,22)/t12-/m0/s1. The number of amides is 1. The third kappa shape index (κ3) is 4.51. The molecule has 7 nitrogen and oxygen atoms in total. The Balaban J connectivity index is 1.60. The zero-order valence-electron chi connectivity index (χ0n) is 14.1. The lowest BCUT2D eigenvalue weighted by atomic mass is 10.2. The fraction of sp³-hybridized carbons (Fsp3) is 0.353. The molecule has 0 saturated carbocycles. The molecule has 26 heavy (non-hydrogen) atoms. The summed E-state index contributed by atoms with van der Waals surface area (Å²) in [7, 11) is 1.29. The fourth-order valence-corrected chi connectivity index (χ4v) is 3.64. The molecule has 9 heteroatoms. The van der Waals surface area contributed by atoms with Gasteiger partial charge >= 0.3 is 5.97 Å². The van der Waals surface area contributed by atoms with Crippen LogP contribution in [0.5, 0.6) is 0 Å². The summed E-state index contributed by atoms with van der Waals surface area (Å²) in [5, 5.41) is 6.62. The van der Waals surface area contributed by atoms with Crippen molar-refractivity contribution in [3.8, 4) is 0 Å². The smallest absolute Gasteiger partial charge is 0.351 e. The van der Waals surface area contributed by atoms with Gasteiger partial charge < -0.3 is 20.1 Å². The van der Waals surface area contributed by atoms with Crippen LogP contribution < -0.4 is 10.6 Å². The van der Waals surface area contributed by atoms with E-state index in [-0.39, 0.29) is 22.0 Å². The van der Waals surface area contributed by atoms with Crippen LogP contribution in [0.3, 0.4) is 0 Å². The summed E-state index contributed by atoms with van der Waals surface area (Å²) in [6.45, 7) is 1.10. The van der Waals surface area contributed by atoms with E-state index in [9.17, 15) is 9.59 Å². The van der Waals surface area contributed by atoms with Crippen LogP contribution in [0.1, 0.15) is 28.1 Å². The normalized spacial score (nSPS) is 16.3. The van der Waals surface area contributed by atoms with Gasteiger partial charge in [-0.3, -0.25) is 4.79 Å². The van der Waals surface area contributed by atoms with Crippen LogP contribution in [-0.2, 0) is 20.8 Å². The van der Waals surface area contributed by atoms with Crippen molar-refractivity contribution in [1.29, 1.82) is 0 Å². The van der Waals surface area contributed by atoms with Gasteiger partial charge in [-0.1, -0.05) is 35.1 Å². The molecule has 2 aromatic rings. The summed E-state index contributed by atoms with van der Waals surface area (Å²) in [6, 6.07) is 7.48. The molecule has 1 aliphatic rings. The quantitative estimate of drug-likeness (QED) is 0.729. The molecule has 1 atom stereocenters. The third-order valence-electron chi connectivity index (χ3n) is 3.82. The minimum Gasteiger partial charge on any atom is -0.465 e. The molecule has 0 bridgehead atoms. The van der Waals surface area contributed by atoms with Gasteiger partial charge in [0.05, 0.1) is 7.11 Å². The molecule has 3 rings (SSSR count). The van der Waals surface area contributed by atoms with Crippen molar-refractivity contribution in [2.75, 3.05) is 24.4 Å². The Hall–Kier alpha value is -2.16. The molecule has 1 saturated heterocycles. The predicted molar refractivity (Wildman–Crippen MR) is 99.8 cm³/mol. The number of ether oxygens (including phenoxy) is 2. The number of carbonyl (C=O) groups is 2. The van der Waals surface area contributed by atoms with Gasteiger partial charge in [0, 0.05) is 18.8 Å². The highest BCUT2D eigenvalue weighted by molar-refractivity contribution is 7.18. The maximum atomic E-state index is 12.1. The van der Waals surface area contributed by atoms with Crippen LogP contribution in [0.4, 0.5) is 10.8 Å². The van der Waals surface area contributed by atoms with E-state index >= 15 is 0 Å². The first-order valence-corrected chi connectivity index (χ1v) is 9.26. The van der Waals surface area contributed by atoms with Crippen LogP contribution in [-0.4, -0.2) is 36.7 Å². The number of nitrogens with one attached hydrogen (secondary N) is 2. The summed E-state index contributed by atoms with van der Waals surface area (Å²) in [5.74, 6) is -0.638. The minimum absolute atomic E-state index is 0.113. The Morgan fingerprint density at radius 3 is 3.04 bits per heavy atom. The van der Waals surface area contributed by atoms with Crippen LogP contribution in [0.15, 0.2) is 24.3 Å². The van der Waals surface area contributed by atoms with E-state index in [0.29, 0.717) is 24.0 Å². The topological polar surface area (TPSA) is 89.6 Å². The van der Waals surface area contributed by atoms with Gasteiger partial charge in [-0.05, 0) is 30.5 Å². The Bertz CT molecular complexity index is 805. The molecule has 0 unspecified atom stereocenters. The number of benzene rings is 1. The molecule has 2 N–H and O–H groups in total. The van der Waals surface area contributed by atoms with Gasteiger partial charge in [-0.25, -0.2) is 9.78 Å². The number of thiazole rings is 1. The fourth-order valence-electron chi connectivity index (χ4n) is 2.54. The Morgan fingerprint density at radius 1 is 1.46 bits per heavy atom. The van der Waals surface area contributed by atoms with Gasteiger partial charge in [0.15, 0.2) is 15.2 Å². The lowest BCUT2D eigenvalue weighted by Gasteiger charge is -2.11. The number of hydrogen-bond acceptors (Lipinski definition) is 7. The molecular weight excluding hydrogens is 378 g/mol. The largest absolute Gasteiger partial charge is 0.465 e. The number of halogens is 1. The lowest BCUT2D eigenvalue weighted by Crippen LogP contribution is -2.26. The maximum Gasteiger partial charge on any atom is 0.351 e. The van der Waals surface area contributed by atoms with Crippen LogP contribution in [0, 0.1) is 0 Å². The molecule has 138 valence electrons. The second-order valence-electron chi connectivity index (χ2n) is 5.68. The summed E-state index contributed by atoms with van der Waals surface area (Å²) >= 11 is 7.07. The van der Waals surface area contributed by atoms with Crippen molar-refractivity contribution in [2.24, 2.45) is 0 Å². The lowest BCUT2D eigenvalue weighted by molar-refractivity contribution is -0.124. The van der Waals surface area contributed by atoms with Crippen molar-refractivity contribution in [2.45, 2.75) is 25.5 Å². The number of rotatable bonds is 6. The molecule has 2 heterocycles. The van der Waals surface area contributed by atoms with E-state index in [1.165, 1.54) is 7.11 Å². The Morgan fingerprint density at radius 2 is 2.31 bits per heavy atom. The van der Waals surface area contributed by atoms with Crippen molar-refractivity contribution in [1.82, 2.24) is 4.98 Å². The predicted octanol–water partition coefficient (Wildman–Crippen LogP) is 3.31. The first-order valence-electron chi connectivity index (χ1n) is 8.06. The van der Waals surface area contributed by atoms with Gasteiger partial charge in [-0.15, -0.1) is 0 Å². The zero-order valence-corrected chi connectivity index (χ0v) is 15.7. The number of anilines is 2. The van der Waals surface area contributed by atoms with E-state index in [2.05, 4.69) is 20.4 Å². The highest BCUT2D eigenvalue weighted by Crippen LogP contribution is 2.28. The number of nitrogens with zero attached hydrogens (tertiary/aromatic N) is 1. The van der Waals surface area contributed by atoms with Crippen molar-refractivity contribution < 1.29 is 19.1 Å².